The van der Waals surface area contributed by atoms with Gasteiger partial charge in [0.1, 0.15) is 5.75 Å². The van der Waals surface area contributed by atoms with Crippen LogP contribution in [0.3, 0.4) is 0 Å². The summed E-state index contributed by atoms with van der Waals surface area (Å²) >= 11 is 0. The number of likely N-dealkylation sites (N-methyl/N-ethyl adjacent to an activating group) is 1. The third-order valence-corrected chi connectivity index (χ3v) is 3.52. The van der Waals surface area contributed by atoms with Crippen LogP contribution in [0.5, 0.6) is 5.75 Å². The molecule has 5 heteroatoms. The average Bonchev–Trinajstić information content (AvgIpc) is 2.49. The van der Waals surface area contributed by atoms with Crippen molar-refractivity contribution in [1.82, 2.24) is 9.80 Å². The molecule has 2 rings (SSSR count). The van der Waals surface area contributed by atoms with Crippen LogP contribution in [-0.2, 0) is 4.79 Å². The lowest BCUT2D eigenvalue weighted by Gasteiger charge is -2.31. The van der Waals surface area contributed by atoms with Crippen LogP contribution >= 0.6 is 0 Å². The molecule has 1 aliphatic heterocycles. The van der Waals surface area contributed by atoms with Crippen molar-refractivity contribution < 1.29 is 9.53 Å². The fraction of sp³-hybridized carbons (Fsp3) is 0.562. The zero-order valence-electron chi connectivity index (χ0n) is 12.9. The number of rotatable bonds is 6. The smallest absolute Gasteiger partial charge is 0.238 e. The van der Waals surface area contributed by atoms with Crippen LogP contribution in [0.1, 0.15) is 13.3 Å². The molecular formula is C16H24N3O2. The van der Waals surface area contributed by atoms with Gasteiger partial charge >= 0.3 is 0 Å². The van der Waals surface area contributed by atoms with E-state index < -0.39 is 0 Å². The van der Waals surface area contributed by atoms with E-state index in [0.29, 0.717) is 24.6 Å². The molecule has 0 aliphatic carbocycles. The second kappa shape index (κ2) is 8.00. The van der Waals surface area contributed by atoms with E-state index in [0.717, 1.165) is 32.6 Å². The van der Waals surface area contributed by atoms with Crippen molar-refractivity contribution in [3.05, 3.63) is 24.3 Å². The van der Waals surface area contributed by atoms with E-state index >= 15 is 0 Å². The highest BCUT2D eigenvalue weighted by atomic mass is 16.5. The number of amides is 1. The first-order chi connectivity index (χ1) is 10.2. The standard InChI is InChI=1S/C16H24N3O2/c1-3-12-21-15-7-5-4-6-14(15)17-16(20)13-19-10-8-18(2)9-11-19/h5-7H,3,8-13H2,1-2H3,(H,17,20). The number of hydrogen-bond acceptors (Lipinski definition) is 4. The Hall–Kier alpha value is -1.59. The first-order valence-corrected chi connectivity index (χ1v) is 7.52. The minimum Gasteiger partial charge on any atom is -0.491 e. The Morgan fingerprint density at radius 2 is 2.14 bits per heavy atom. The van der Waals surface area contributed by atoms with Gasteiger partial charge in [0, 0.05) is 26.2 Å². The first-order valence-electron chi connectivity index (χ1n) is 7.52. The molecule has 1 saturated heterocycles. The fourth-order valence-electron chi connectivity index (χ4n) is 2.25. The number of nitrogens with zero attached hydrogens (tertiary/aromatic N) is 2. The molecule has 1 aliphatic rings. The normalized spacial score (nSPS) is 16.7. The van der Waals surface area contributed by atoms with Crippen molar-refractivity contribution >= 4 is 11.6 Å². The van der Waals surface area contributed by atoms with E-state index in [9.17, 15) is 4.79 Å². The zero-order valence-corrected chi connectivity index (χ0v) is 12.9. The van der Waals surface area contributed by atoms with Crippen molar-refractivity contribution in [3.63, 3.8) is 0 Å². The van der Waals surface area contributed by atoms with Crippen molar-refractivity contribution in [2.45, 2.75) is 13.3 Å². The minimum absolute atomic E-state index is 0.000464. The Balaban J connectivity index is 1.87. The minimum atomic E-state index is 0.000464. The Labute approximate surface area is 126 Å². The maximum Gasteiger partial charge on any atom is 0.238 e. The highest BCUT2D eigenvalue weighted by molar-refractivity contribution is 5.93. The summed E-state index contributed by atoms with van der Waals surface area (Å²) in [6, 6.07) is 8.36. The molecule has 0 saturated carbocycles. The monoisotopic (exact) mass is 290 g/mol. The maximum atomic E-state index is 12.2. The molecule has 1 N–H and O–H groups in total. The molecule has 0 atom stereocenters. The molecule has 5 nitrogen and oxygen atoms in total. The highest BCUT2D eigenvalue weighted by Crippen LogP contribution is 2.23. The van der Waals surface area contributed by atoms with Gasteiger partial charge in [0.05, 0.1) is 18.8 Å². The number of benzene rings is 1. The molecule has 1 heterocycles. The van der Waals surface area contributed by atoms with Crippen molar-refractivity contribution in [1.29, 1.82) is 0 Å². The molecule has 0 aromatic heterocycles. The van der Waals surface area contributed by atoms with E-state index in [-0.39, 0.29) is 5.91 Å². The van der Waals surface area contributed by atoms with Gasteiger partial charge in [0.2, 0.25) is 5.91 Å². The highest BCUT2D eigenvalue weighted by Gasteiger charge is 2.17. The largest absolute Gasteiger partial charge is 0.491 e. The van der Waals surface area contributed by atoms with E-state index in [2.05, 4.69) is 35.2 Å². The van der Waals surface area contributed by atoms with E-state index in [1.165, 1.54) is 0 Å². The Bertz CT molecular complexity index is 457. The molecule has 0 unspecified atom stereocenters. The first kappa shape index (κ1) is 15.8. The summed E-state index contributed by atoms with van der Waals surface area (Å²) in [7, 11) is 2.11. The van der Waals surface area contributed by atoms with Crippen LogP contribution in [0.4, 0.5) is 5.69 Å². The van der Waals surface area contributed by atoms with Gasteiger partial charge in [-0.05, 0) is 31.7 Å². The van der Waals surface area contributed by atoms with Crippen LogP contribution in [0.25, 0.3) is 0 Å². The summed E-state index contributed by atoms with van der Waals surface area (Å²) in [5.74, 6) is 0.711. The van der Waals surface area contributed by atoms with Crippen LogP contribution in [0, 0.1) is 6.07 Å². The van der Waals surface area contributed by atoms with Gasteiger partial charge < -0.3 is 15.0 Å². The number of ether oxygens (including phenoxy) is 1. The summed E-state index contributed by atoms with van der Waals surface area (Å²) in [5, 5.41) is 2.93. The fourth-order valence-corrected chi connectivity index (χ4v) is 2.25. The summed E-state index contributed by atoms with van der Waals surface area (Å²) in [6.45, 7) is 7.02. The number of hydrogen-bond donors (Lipinski definition) is 1. The molecule has 1 radical (unpaired) electrons. The number of carbonyl (C=O) groups excluding carboxylic acids is 1. The molecule has 1 fully saturated rings. The SMILES string of the molecule is CCCOc1cc[c]cc1NC(=O)CN1CCN(C)CC1. The van der Waals surface area contributed by atoms with Gasteiger partial charge in [-0.25, -0.2) is 0 Å². The second-order valence-electron chi connectivity index (χ2n) is 5.40. The molecule has 21 heavy (non-hydrogen) atoms. The van der Waals surface area contributed by atoms with Crippen LogP contribution in [-0.4, -0.2) is 62.1 Å². The van der Waals surface area contributed by atoms with Gasteiger partial charge in [0.25, 0.3) is 0 Å². The summed E-state index contributed by atoms with van der Waals surface area (Å²) in [4.78, 5) is 16.6. The van der Waals surface area contributed by atoms with Gasteiger partial charge in [-0.2, -0.15) is 0 Å². The molecule has 1 aromatic rings. The van der Waals surface area contributed by atoms with Gasteiger partial charge in [-0.15, -0.1) is 0 Å². The number of anilines is 1. The summed E-state index contributed by atoms with van der Waals surface area (Å²) in [6.07, 6.45) is 0.938. The number of nitrogens with one attached hydrogen (secondary N) is 1. The Morgan fingerprint density at radius 3 is 2.86 bits per heavy atom. The second-order valence-corrected chi connectivity index (χ2v) is 5.40. The van der Waals surface area contributed by atoms with Crippen LogP contribution < -0.4 is 10.1 Å². The lowest BCUT2D eigenvalue weighted by Crippen LogP contribution is -2.47. The predicted molar refractivity (Wildman–Crippen MR) is 83.6 cm³/mol. The zero-order chi connectivity index (χ0) is 15.1. The van der Waals surface area contributed by atoms with Gasteiger partial charge in [-0.1, -0.05) is 13.0 Å². The topological polar surface area (TPSA) is 44.8 Å². The van der Waals surface area contributed by atoms with E-state index in [1.807, 2.05) is 6.07 Å². The molecule has 0 spiro atoms. The Kier molecular flexibility index (Phi) is 6.02. The molecule has 1 aromatic carbocycles. The van der Waals surface area contributed by atoms with Crippen molar-refractivity contribution in [2.24, 2.45) is 0 Å². The quantitative estimate of drug-likeness (QED) is 0.861. The van der Waals surface area contributed by atoms with Crippen molar-refractivity contribution in [3.8, 4) is 5.75 Å². The number of piperazine rings is 1. The maximum absolute atomic E-state index is 12.2. The molecule has 0 bridgehead atoms. The van der Waals surface area contributed by atoms with E-state index in [1.54, 1.807) is 12.1 Å². The van der Waals surface area contributed by atoms with Crippen LogP contribution in [0.2, 0.25) is 0 Å². The average molecular weight is 290 g/mol. The molecule has 115 valence electrons. The summed E-state index contributed by atoms with van der Waals surface area (Å²) < 4.78 is 5.64. The van der Waals surface area contributed by atoms with Crippen molar-refractivity contribution in [2.75, 3.05) is 51.7 Å². The third kappa shape index (κ3) is 5.02. The number of carbonyl (C=O) groups is 1. The third-order valence-electron chi connectivity index (χ3n) is 3.52. The molecular weight excluding hydrogens is 266 g/mol. The lowest BCUT2D eigenvalue weighted by atomic mass is 10.2. The van der Waals surface area contributed by atoms with Gasteiger partial charge in [0.15, 0.2) is 0 Å². The predicted octanol–water partition coefficient (Wildman–Crippen LogP) is 1.46. The molecule has 1 amide bonds. The summed E-state index contributed by atoms with van der Waals surface area (Å²) in [5.41, 5.74) is 0.699. The lowest BCUT2D eigenvalue weighted by molar-refractivity contribution is -0.117. The van der Waals surface area contributed by atoms with E-state index in [4.69, 9.17) is 4.74 Å². The Morgan fingerprint density at radius 1 is 1.38 bits per heavy atom. The van der Waals surface area contributed by atoms with Gasteiger partial charge in [-0.3, -0.25) is 9.69 Å². The van der Waals surface area contributed by atoms with Crippen LogP contribution in [0.15, 0.2) is 18.2 Å².